The highest BCUT2D eigenvalue weighted by Crippen LogP contribution is 2.37. The van der Waals surface area contributed by atoms with Gasteiger partial charge >= 0.3 is 5.97 Å². The van der Waals surface area contributed by atoms with Gasteiger partial charge in [0.05, 0.1) is 17.9 Å². The van der Waals surface area contributed by atoms with E-state index in [0.717, 1.165) is 29.3 Å². The minimum absolute atomic E-state index is 0.0279. The lowest BCUT2D eigenvalue weighted by atomic mass is 9.89. The topological polar surface area (TPSA) is 78.5 Å². The van der Waals surface area contributed by atoms with Crippen LogP contribution in [0.5, 0.6) is 5.75 Å². The fraction of sp³-hybridized carbons (Fsp3) is 0.286. The maximum Gasteiger partial charge on any atom is 0.312 e. The summed E-state index contributed by atoms with van der Waals surface area (Å²) in [6, 6.07) is 9.12. The molecule has 0 saturated carbocycles. The number of ether oxygens (including phenoxy) is 1. The van der Waals surface area contributed by atoms with Crippen molar-refractivity contribution in [3.63, 3.8) is 0 Å². The number of nitrogens with zero attached hydrogens (tertiary/aromatic N) is 1. The lowest BCUT2D eigenvalue weighted by molar-refractivity contribution is -0.136. The molecule has 27 heavy (non-hydrogen) atoms. The first-order valence-corrected chi connectivity index (χ1v) is 9.03. The van der Waals surface area contributed by atoms with E-state index in [1.807, 2.05) is 24.3 Å². The first-order chi connectivity index (χ1) is 13.0. The molecule has 1 atom stereocenters. The lowest BCUT2D eigenvalue weighted by Crippen LogP contribution is -2.32. The lowest BCUT2D eigenvalue weighted by Gasteiger charge is -2.25. The number of para-hydroxylation sites is 1. The summed E-state index contributed by atoms with van der Waals surface area (Å²) in [4.78, 5) is 37.7. The Morgan fingerprint density at radius 2 is 2.00 bits per heavy atom. The number of carbonyl (C=O) groups is 1. The largest absolute Gasteiger partial charge is 0.462 e. The van der Waals surface area contributed by atoms with Gasteiger partial charge in [-0.25, -0.2) is 0 Å². The van der Waals surface area contributed by atoms with Crippen LogP contribution in [0.2, 0.25) is 0 Å². The normalized spacial score (nSPS) is 18.3. The first-order valence-electron chi connectivity index (χ1n) is 9.03. The zero-order chi connectivity index (χ0) is 18.7. The van der Waals surface area contributed by atoms with Crippen molar-refractivity contribution in [3.8, 4) is 5.75 Å². The third-order valence-electron chi connectivity index (χ3n) is 5.38. The molecule has 2 aromatic heterocycles. The van der Waals surface area contributed by atoms with Gasteiger partial charge in [-0.3, -0.25) is 14.4 Å². The van der Waals surface area contributed by atoms with Crippen molar-refractivity contribution in [2.75, 3.05) is 0 Å². The van der Waals surface area contributed by atoms with Crippen LogP contribution in [0.4, 0.5) is 0 Å². The molecule has 3 aromatic rings. The highest BCUT2D eigenvalue weighted by atomic mass is 16.5. The van der Waals surface area contributed by atoms with E-state index in [2.05, 4.69) is 0 Å². The van der Waals surface area contributed by atoms with Gasteiger partial charge in [0.1, 0.15) is 5.76 Å². The molecule has 0 bridgehead atoms. The van der Waals surface area contributed by atoms with Crippen molar-refractivity contribution >= 4 is 16.9 Å². The molecule has 1 aromatic carbocycles. The summed E-state index contributed by atoms with van der Waals surface area (Å²) in [5, 5.41) is 0.956. The molecular formula is C21H17NO5. The Morgan fingerprint density at radius 1 is 1.15 bits per heavy atom. The summed E-state index contributed by atoms with van der Waals surface area (Å²) in [6.45, 7) is 2.31. The van der Waals surface area contributed by atoms with Crippen LogP contribution >= 0.6 is 0 Å². The second kappa shape index (κ2) is 5.67. The van der Waals surface area contributed by atoms with Crippen molar-refractivity contribution < 1.29 is 13.9 Å². The first kappa shape index (κ1) is 16.1. The van der Waals surface area contributed by atoms with Crippen LogP contribution in [0.1, 0.15) is 41.4 Å². The van der Waals surface area contributed by atoms with Crippen LogP contribution in [0, 0.1) is 6.92 Å². The fourth-order valence-corrected chi connectivity index (χ4v) is 4.25. The van der Waals surface area contributed by atoms with E-state index in [0.29, 0.717) is 17.9 Å². The van der Waals surface area contributed by atoms with Crippen LogP contribution in [0.15, 0.2) is 44.3 Å². The van der Waals surface area contributed by atoms with E-state index in [4.69, 9.17) is 9.15 Å². The van der Waals surface area contributed by atoms with Crippen LogP contribution < -0.4 is 15.7 Å². The van der Waals surface area contributed by atoms with Gasteiger partial charge in [0.15, 0.2) is 5.76 Å². The van der Waals surface area contributed by atoms with Gasteiger partial charge in [0.25, 0.3) is 5.56 Å². The van der Waals surface area contributed by atoms with Crippen LogP contribution in [-0.4, -0.2) is 10.5 Å². The van der Waals surface area contributed by atoms with E-state index in [1.54, 1.807) is 11.5 Å². The monoisotopic (exact) mass is 363 g/mol. The number of pyridine rings is 1. The van der Waals surface area contributed by atoms with E-state index in [-0.39, 0.29) is 23.5 Å². The number of hydrogen-bond donors (Lipinski definition) is 0. The fourth-order valence-electron chi connectivity index (χ4n) is 4.25. The number of aryl methyl sites for hydroxylation is 3. The molecule has 0 aliphatic carbocycles. The Balaban J connectivity index is 1.81. The third-order valence-corrected chi connectivity index (χ3v) is 5.38. The van der Waals surface area contributed by atoms with Gasteiger partial charge < -0.3 is 13.7 Å². The van der Waals surface area contributed by atoms with E-state index >= 15 is 0 Å². The van der Waals surface area contributed by atoms with Gasteiger partial charge in [-0.15, -0.1) is 0 Å². The second-order valence-corrected chi connectivity index (χ2v) is 7.16. The minimum atomic E-state index is -0.625. The molecule has 0 radical (unpaired) electrons. The molecule has 2 aliphatic heterocycles. The Kier molecular flexibility index (Phi) is 3.37. The summed E-state index contributed by atoms with van der Waals surface area (Å²) in [6.07, 6.45) is 1.82. The van der Waals surface area contributed by atoms with Crippen molar-refractivity contribution in [2.24, 2.45) is 0 Å². The summed E-state index contributed by atoms with van der Waals surface area (Å²) in [5.74, 6) is -0.577. The highest BCUT2D eigenvalue weighted by Gasteiger charge is 2.35. The number of hydrogen-bond acceptors (Lipinski definition) is 5. The van der Waals surface area contributed by atoms with Crippen molar-refractivity contribution in [3.05, 3.63) is 73.6 Å². The summed E-state index contributed by atoms with van der Waals surface area (Å²) < 4.78 is 12.7. The second-order valence-electron chi connectivity index (χ2n) is 7.16. The van der Waals surface area contributed by atoms with E-state index in [1.165, 1.54) is 6.07 Å². The number of carbonyl (C=O) groups excluding carboxylic acids is 1. The van der Waals surface area contributed by atoms with Gasteiger partial charge in [0.2, 0.25) is 11.2 Å². The molecule has 0 saturated heterocycles. The SMILES string of the molecule is Cc1cc(=O)c2c(o1)C(c1cc3cccc4c3n(c1=O)CCC4)CC(=O)O2. The Bertz CT molecular complexity index is 1230. The molecule has 2 aliphatic rings. The van der Waals surface area contributed by atoms with Crippen molar-refractivity contribution in [2.45, 2.75) is 38.6 Å². The van der Waals surface area contributed by atoms with Crippen molar-refractivity contribution in [1.82, 2.24) is 4.57 Å². The summed E-state index contributed by atoms with van der Waals surface area (Å²) in [5.41, 5.74) is 2.05. The summed E-state index contributed by atoms with van der Waals surface area (Å²) in [7, 11) is 0. The third kappa shape index (κ3) is 2.36. The standard InChI is InChI=1S/C21H17NO5/c1-11-8-16(23)20-19(26-11)14(10-17(24)27-20)15-9-13-5-2-4-12-6-3-7-22(18(12)13)21(15)25/h2,4-5,8-9,14H,3,6-7,10H2,1H3. The maximum atomic E-state index is 13.3. The number of fused-ring (bicyclic) bond motifs is 1. The number of rotatable bonds is 1. The quantitative estimate of drug-likeness (QED) is 0.621. The number of aromatic nitrogens is 1. The number of esters is 1. The Morgan fingerprint density at radius 3 is 2.85 bits per heavy atom. The molecule has 6 heteroatoms. The Labute approximate surface area is 154 Å². The molecule has 6 nitrogen and oxygen atoms in total. The van der Waals surface area contributed by atoms with E-state index in [9.17, 15) is 14.4 Å². The molecule has 136 valence electrons. The minimum Gasteiger partial charge on any atom is -0.462 e. The predicted octanol–water partition coefficient (Wildman–Crippen LogP) is 2.65. The maximum absolute atomic E-state index is 13.3. The molecule has 5 rings (SSSR count). The zero-order valence-electron chi connectivity index (χ0n) is 14.8. The molecular weight excluding hydrogens is 346 g/mol. The summed E-state index contributed by atoms with van der Waals surface area (Å²) >= 11 is 0. The average Bonchev–Trinajstić information content (AvgIpc) is 2.65. The predicted molar refractivity (Wildman–Crippen MR) is 98.3 cm³/mol. The van der Waals surface area contributed by atoms with Gasteiger partial charge in [0, 0.05) is 18.2 Å². The van der Waals surface area contributed by atoms with Gasteiger partial charge in [-0.1, -0.05) is 18.2 Å². The highest BCUT2D eigenvalue weighted by molar-refractivity contribution is 5.84. The number of benzene rings is 1. The smallest absolute Gasteiger partial charge is 0.312 e. The van der Waals surface area contributed by atoms with Gasteiger partial charge in [-0.2, -0.15) is 0 Å². The molecule has 0 amide bonds. The molecule has 1 unspecified atom stereocenters. The Hall–Kier alpha value is -3.15. The molecule has 0 fully saturated rings. The molecule has 0 N–H and O–H groups in total. The van der Waals surface area contributed by atoms with Crippen molar-refractivity contribution in [1.29, 1.82) is 0 Å². The van der Waals surface area contributed by atoms with Crippen LogP contribution in [0.25, 0.3) is 10.9 Å². The molecule has 4 heterocycles. The average molecular weight is 363 g/mol. The zero-order valence-corrected chi connectivity index (χ0v) is 14.8. The van der Waals surface area contributed by atoms with Crippen LogP contribution in [0.3, 0.4) is 0 Å². The van der Waals surface area contributed by atoms with Gasteiger partial charge in [-0.05, 0) is 36.8 Å². The molecule has 0 spiro atoms. The van der Waals surface area contributed by atoms with E-state index < -0.39 is 17.3 Å². The van der Waals surface area contributed by atoms with Crippen LogP contribution in [-0.2, 0) is 17.8 Å².